The van der Waals surface area contributed by atoms with Gasteiger partial charge in [-0.05, 0) is 70.6 Å². The summed E-state index contributed by atoms with van der Waals surface area (Å²) in [5.74, 6) is -0.369. The summed E-state index contributed by atoms with van der Waals surface area (Å²) in [5, 5.41) is 121. The fourth-order valence-electron chi connectivity index (χ4n) is 11.9. The maximum absolute atomic E-state index is 13.4. The van der Waals surface area contributed by atoms with Crippen LogP contribution in [0.2, 0.25) is 0 Å². The summed E-state index contributed by atoms with van der Waals surface area (Å²) in [6, 6.07) is -1.04. The molecule has 0 spiro atoms. The van der Waals surface area contributed by atoms with Crippen LogP contribution in [-0.2, 0) is 33.2 Å². The van der Waals surface area contributed by atoms with Gasteiger partial charge in [-0.3, -0.25) is 4.79 Å². The topological polar surface area (TPSA) is 307 Å². The molecule has 19 heteroatoms. The highest BCUT2D eigenvalue weighted by molar-refractivity contribution is 5.76. The third-order valence-corrected chi connectivity index (χ3v) is 17.9. The molecule has 0 saturated carbocycles. The van der Waals surface area contributed by atoms with Crippen LogP contribution in [0.4, 0.5) is 0 Å². The van der Waals surface area contributed by atoms with Gasteiger partial charge in [0.05, 0.1) is 38.6 Å². The average molecular weight is 1350 g/mol. The van der Waals surface area contributed by atoms with E-state index in [2.05, 4.69) is 92.1 Å². The van der Waals surface area contributed by atoms with Crippen molar-refractivity contribution >= 4 is 5.91 Å². The van der Waals surface area contributed by atoms with E-state index in [9.17, 15) is 61.0 Å². The molecule has 0 aromatic rings. The van der Waals surface area contributed by atoms with Gasteiger partial charge in [0.2, 0.25) is 5.91 Å². The average Bonchev–Trinajstić information content (AvgIpc) is 0.787. The zero-order valence-electron chi connectivity index (χ0n) is 58.1. The van der Waals surface area contributed by atoms with Gasteiger partial charge in [-0.2, -0.15) is 0 Å². The number of carbonyl (C=O) groups is 1. The van der Waals surface area contributed by atoms with Crippen molar-refractivity contribution in [3.05, 3.63) is 97.2 Å². The number of nitrogens with one attached hydrogen (secondary N) is 1. The molecule has 95 heavy (non-hydrogen) atoms. The number of unbranched alkanes of at least 4 members (excludes halogenated alkanes) is 26. The van der Waals surface area contributed by atoms with Crippen LogP contribution in [0, 0.1) is 0 Å². The minimum Gasteiger partial charge on any atom is -0.394 e. The Balaban J connectivity index is 1.43. The Morgan fingerprint density at radius 3 is 1.17 bits per heavy atom. The number of amides is 1. The third kappa shape index (κ3) is 37.6. The van der Waals surface area contributed by atoms with Crippen molar-refractivity contribution in [3.8, 4) is 0 Å². The molecular formula is C76H131NO18. The molecular weight excluding hydrogens is 1210 g/mol. The van der Waals surface area contributed by atoms with Crippen LogP contribution in [-0.4, -0.2) is 193 Å². The van der Waals surface area contributed by atoms with Gasteiger partial charge < -0.3 is 89.9 Å². The molecule has 19 nitrogen and oxygen atoms in total. The highest BCUT2D eigenvalue weighted by atomic mass is 16.8. The summed E-state index contributed by atoms with van der Waals surface area (Å²) in [5.41, 5.74) is 0. The van der Waals surface area contributed by atoms with Gasteiger partial charge in [0.25, 0.3) is 0 Å². The molecule has 0 aliphatic carbocycles. The van der Waals surface area contributed by atoms with Crippen molar-refractivity contribution in [2.75, 3.05) is 26.4 Å². The van der Waals surface area contributed by atoms with Crippen LogP contribution in [0.25, 0.3) is 0 Å². The molecule has 3 rings (SSSR count). The molecule has 3 fully saturated rings. The lowest BCUT2D eigenvalue weighted by molar-refractivity contribution is -0.379. The Morgan fingerprint density at radius 1 is 0.389 bits per heavy atom. The van der Waals surface area contributed by atoms with Gasteiger partial charge in [-0.25, -0.2) is 0 Å². The second-order valence-corrected chi connectivity index (χ2v) is 26.0. The van der Waals surface area contributed by atoms with Crippen LogP contribution in [0.15, 0.2) is 97.2 Å². The van der Waals surface area contributed by atoms with Crippen molar-refractivity contribution in [2.45, 2.75) is 349 Å². The van der Waals surface area contributed by atoms with E-state index in [4.69, 9.17) is 28.4 Å². The molecule has 0 aromatic carbocycles. The number of aliphatic hydroxyl groups is 11. The fourth-order valence-corrected chi connectivity index (χ4v) is 11.9. The van der Waals surface area contributed by atoms with E-state index in [0.29, 0.717) is 19.3 Å². The maximum atomic E-state index is 13.4. The summed E-state index contributed by atoms with van der Waals surface area (Å²) in [6.45, 7) is 1.55. The fraction of sp³-hybridized carbons (Fsp3) is 0.776. The number of hydrogen-bond acceptors (Lipinski definition) is 18. The Hall–Kier alpha value is -3.29. The van der Waals surface area contributed by atoms with E-state index in [1.165, 1.54) is 154 Å². The molecule has 0 aromatic heterocycles. The molecule has 12 N–H and O–H groups in total. The summed E-state index contributed by atoms with van der Waals surface area (Å²) in [4.78, 5) is 13.4. The Morgan fingerprint density at radius 2 is 0.737 bits per heavy atom. The Bertz CT molecular complexity index is 2100. The third-order valence-electron chi connectivity index (χ3n) is 17.9. The lowest BCUT2D eigenvalue weighted by Gasteiger charge is -2.48. The normalized spacial score (nSPS) is 27.8. The van der Waals surface area contributed by atoms with Crippen molar-refractivity contribution in [3.63, 3.8) is 0 Å². The molecule has 3 aliphatic rings. The van der Waals surface area contributed by atoms with Crippen molar-refractivity contribution < 1.29 is 89.4 Å². The molecule has 0 radical (unpaired) electrons. The van der Waals surface area contributed by atoms with Crippen LogP contribution in [0.1, 0.15) is 245 Å². The van der Waals surface area contributed by atoms with Gasteiger partial charge in [0.1, 0.15) is 73.2 Å². The molecule has 3 aliphatic heterocycles. The van der Waals surface area contributed by atoms with Crippen LogP contribution in [0.3, 0.4) is 0 Å². The smallest absolute Gasteiger partial charge is 0.220 e. The van der Waals surface area contributed by atoms with Crippen LogP contribution < -0.4 is 5.32 Å². The number of rotatable bonds is 56. The minimum absolute atomic E-state index is 0.105. The van der Waals surface area contributed by atoms with Gasteiger partial charge in [-0.15, -0.1) is 0 Å². The molecule has 3 heterocycles. The lowest BCUT2D eigenvalue weighted by atomic mass is 9.96. The zero-order valence-corrected chi connectivity index (χ0v) is 58.1. The first-order valence-corrected chi connectivity index (χ1v) is 37.0. The van der Waals surface area contributed by atoms with E-state index in [-0.39, 0.29) is 12.3 Å². The number of hydrogen-bond donors (Lipinski definition) is 12. The highest BCUT2D eigenvalue weighted by Crippen LogP contribution is 2.33. The quantitative estimate of drug-likeness (QED) is 0.0199. The second-order valence-electron chi connectivity index (χ2n) is 26.0. The SMILES string of the molecule is CC/C=C\C/C=C\C/C=C\C/C=C\C/C=C\C/C=C\CCC(=O)NC(COC1OC(CO)C(OC2OC(CO)C(OC3OC(CO)C(O)C(O)C3O)C(O)C2O)C(O)C1O)C(O)/C=C/CC/C=C/CCCCCCCCCCCCCCCCCCCCCCCCCCC. The van der Waals surface area contributed by atoms with E-state index in [0.717, 1.165) is 51.4 Å². The van der Waals surface area contributed by atoms with E-state index < -0.39 is 131 Å². The van der Waals surface area contributed by atoms with Gasteiger partial charge in [0.15, 0.2) is 18.9 Å². The lowest BCUT2D eigenvalue weighted by Crippen LogP contribution is -2.66. The van der Waals surface area contributed by atoms with E-state index in [1.807, 2.05) is 18.2 Å². The largest absolute Gasteiger partial charge is 0.394 e. The monoisotopic (exact) mass is 1350 g/mol. The molecule has 17 atom stereocenters. The van der Waals surface area contributed by atoms with Crippen molar-refractivity contribution in [1.82, 2.24) is 5.32 Å². The number of carbonyl (C=O) groups excluding carboxylic acids is 1. The van der Waals surface area contributed by atoms with Gasteiger partial charge in [0, 0.05) is 6.42 Å². The first kappa shape index (κ1) is 85.9. The summed E-state index contributed by atoms with van der Waals surface area (Å²) in [7, 11) is 0. The number of allylic oxidation sites excluding steroid dienone is 15. The number of aliphatic hydroxyl groups excluding tert-OH is 11. The Kier molecular flexibility index (Phi) is 51.1. The zero-order chi connectivity index (χ0) is 68.9. The van der Waals surface area contributed by atoms with Crippen molar-refractivity contribution in [2.24, 2.45) is 0 Å². The second kappa shape index (κ2) is 56.5. The highest BCUT2D eigenvalue weighted by Gasteiger charge is 2.53. The first-order chi connectivity index (χ1) is 46.3. The van der Waals surface area contributed by atoms with Crippen molar-refractivity contribution in [1.29, 1.82) is 0 Å². The van der Waals surface area contributed by atoms with Gasteiger partial charge in [-0.1, -0.05) is 265 Å². The van der Waals surface area contributed by atoms with Crippen LogP contribution in [0.5, 0.6) is 0 Å². The van der Waals surface area contributed by atoms with E-state index >= 15 is 0 Å². The summed E-state index contributed by atoms with van der Waals surface area (Å²) < 4.78 is 34.3. The predicted molar refractivity (Wildman–Crippen MR) is 374 cm³/mol. The summed E-state index contributed by atoms with van der Waals surface area (Å²) >= 11 is 0. The molecule has 0 bridgehead atoms. The maximum Gasteiger partial charge on any atom is 0.220 e. The predicted octanol–water partition coefficient (Wildman–Crippen LogP) is 10.8. The molecule has 3 saturated heterocycles. The number of ether oxygens (including phenoxy) is 6. The molecule has 548 valence electrons. The summed E-state index contributed by atoms with van der Waals surface area (Å²) in [6.07, 6.45) is 48.5. The molecule has 17 unspecified atom stereocenters. The minimum atomic E-state index is -1.99. The molecule has 1 amide bonds. The van der Waals surface area contributed by atoms with E-state index in [1.54, 1.807) is 6.08 Å². The van der Waals surface area contributed by atoms with Gasteiger partial charge >= 0.3 is 0 Å². The van der Waals surface area contributed by atoms with Crippen LogP contribution >= 0.6 is 0 Å². The Labute approximate surface area is 571 Å². The standard InChI is InChI=1S/C76H131NO18/c1-3-5-7-9-11-13-15-17-19-21-23-24-25-26-27-28-29-30-31-32-33-34-36-37-39-41-43-45-47-49-51-53-60(81)59(77-64(82)54-52-50-48-46-44-42-40-38-35-22-20-18-16-14-12-10-8-6-4-2)58-90-74-70(88)67(85)72(62(56-79)92-74)95-76-71(89)68(86)73(63(57-80)93-76)94-75-69(87)66(84)65(83)61(55-78)91-75/h6,8,12,14,18,20,35,38,42-45,48,50-51,53,59-63,65-76,78-81,83-89H,3-5,7,9-11,13,15-17,19,21-34,36-37,39-41,46-47,49,52,54-58H2,1-2H3,(H,77,82)/b8-6-,14-12-,20-18-,38-35-,44-42-,45-43+,50-48-,53-51+. The first-order valence-electron chi connectivity index (χ1n) is 37.0.